The van der Waals surface area contributed by atoms with Crippen LogP contribution in [0.25, 0.3) is 0 Å². The summed E-state index contributed by atoms with van der Waals surface area (Å²) in [5.74, 6) is 0.502. The van der Waals surface area contributed by atoms with E-state index in [-0.39, 0.29) is 11.6 Å². The predicted octanol–water partition coefficient (Wildman–Crippen LogP) is 4.34. The number of nitro groups is 1. The molecule has 3 aromatic rings. The number of para-hydroxylation sites is 2. The molecule has 1 aliphatic heterocycles. The van der Waals surface area contributed by atoms with Gasteiger partial charge in [0.05, 0.1) is 23.9 Å². The van der Waals surface area contributed by atoms with Gasteiger partial charge in [-0.25, -0.2) is 5.43 Å². The number of amides is 1. The number of nitro benzene ring substituents is 1. The number of hydrazone groups is 1. The lowest BCUT2D eigenvalue weighted by Gasteiger charge is -2.36. The van der Waals surface area contributed by atoms with Gasteiger partial charge in [-0.15, -0.1) is 0 Å². The first-order valence-corrected chi connectivity index (χ1v) is 11.8. The number of nitrogens with one attached hydrogen (secondary N) is 1. The molecule has 1 amide bonds. The number of non-ortho nitro benzene ring substituents is 1. The fourth-order valence-corrected chi connectivity index (χ4v) is 4.19. The minimum absolute atomic E-state index is 0.107. The van der Waals surface area contributed by atoms with Crippen LogP contribution in [0, 0.1) is 10.1 Å². The fourth-order valence-electron chi connectivity index (χ4n) is 4.03. The number of rotatable bonds is 8. The van der Waals surface area contributed by atoms with Gasteiger partial charge in [0.1, 0.15) is 5.75 Å². The highest BCUT2D eigenvalue weighted by molar-refractivity contribution is 6.33. The predicted molar refractivity (Wildman–Crippen MR) is 140 cm³/mol. The second-order valence-corrected chi connectivity index (χ2v) is 8.70. The van der Waals surface area contributed by atoms with Crippen molar-refractivity contribution in [2.75, 3.05) is 38.2 Å². The summed E-state index contributed by atoms with van der Waals surface area (Å²) in [5.41, 5.74) is 5.35. The maximum absolute atomic E-state index is 12.4. The zero-order valence-electron chi connectivity index (χ0n) is 19.8. The van der Waals surface area contributed by atoms with Gasteiger partial charge in [0, 0.05) is 61.0 Å². The van der Waals surface area contributed by atoms with Crippen molar-refractivity contribution in [3.05, 3.63) is 98.6 Å². The van der Waals surface area contributed by atoms with Crippen molar-refractivity contribution in [2.45, 2.75) is 6.54 Å². The minimum atomic E-state index is -0.520. The lowest BCUT2D eigenvalue weighted by molar-refractivity contribution is -0.384. The first kappa shape index (κ1) is 25.2. The summed E-state index contributed by atoms with van der Waals surface area (Å²) in [6.45, 7) is 4.47. The molecule has 1 fully saturated rings. The number of nitrogens with zero attached hydrogens (tertiary/aromatic N) is 4. The Morgan fingerprint density at radius 2 is 1.83 bits per heavy atom. The highest BCUT2D eigenvalue weighted by atomic mass is 35.5. The highest BCUT2D eigenvalue weighted by Gasteiger charge is 2.19. The number of benzene rings is 3. The van der Waals surface area contributed by atoms with Gasteiger partial charge in [0.25, 0.3) is 11.6 Å². The maximum atomic E-state index is 12.4. The average Bonchev–Trinajstić information content (AvgIpc) is 2.90. The molecule has 0 radical (unpaired) electrons. The van der Waals surface area contributed by atoms with Crippen molar-refractivity contribution >= 4 is 35.1 Å². The molecule has 186 valence electrons. The Balaban J connectivity index is 1.29. The molecule has 1 heterocycles. The molecule has 1 aliphatic rings. The Labute approximate surface area is 214 Å². The molecule has 0 saturated carbocycles. The van der Waals surface area contributed by atoms with Gasteiger partial charge >= 0.3 is 0 Å². The number of hydrogen-bond donors (Lipinski definition) is 1. The molecule has 0 aliphatic carbocycles. The summed E-state index contributed by atoms with van der Waals surface area (Å²) in [7, 11) is 1.69. The first-order valence-electron chi connectivity index (χ1n) is 11.4. The van der Waals surface area contributed by atoms with Gasteiger partial charge in [-0.3, -0.25) is 19.8 Å². The SMILES string of the molecule is COc1ccccc1N1CCN(Cc2ccc(C(=O)N/N=C\c3cc([N+](=O)[O-])ccc3Cl)cc2)CC1. The molecule has 0 atom stereocenters. The van der Waals surface area contributed by atoms with Crippen LogP contribution < -0.4 is 15.1 Å². The lowest BCUT2D eigenvalue weighted by atomic mass is 10.1. The van der Waals surface area contributed by atoms with Crippen molar-refractivity contribution < 1.29 is 14.5 Å². The molecule has 9 nitrogen and oxygen atoms in total. The van der Waals surface area contributed by atoms with E-state index in [4.69, 9.17) is 16.3 Å². The fraction of sp³-hybridized carbons (Fsp3) is 0.231. The van der Waals surface area contributed by atoms with Gasteiger partial charge in [-0.05, 0) is 35.9 Å². The van der Waals surface area contributed by atoms with E-state index in [1.807, 2.05) is 30.3 Å². The van der Waals surface area contributed by atoms with Gasteiger partial charge < -0.3 is 9.64 Å². The van der Waals surface area contributed by atoms with Crippen molar-refractivity contribution in [3.8, 4) is 5.75 Å². The van der Waals surface area contributed by atoms with Gasteiger partial charge in [0.2, 0.25) is 0 Å². The zero-order chi connectivity index (χ0) is 25.5. The second kappa shape index (κ2) is 11.7. The number of anilines is 1. The molecule has 1 N–H and O–H groups in total. The van der Waals surface area contributed by atoms with E-state index in [1.165, 1.54) is 24.4 Å². The number of carbonyl (C=O) groups excluding carboxylic acids is 1. The molecule has 3 aromatic carbocycles. The van der Waals surface area contributed by atoms with E-state index in [2.05, 4.69) is 26.4 Å². The van der Waals surface area contributed by atoms with Crippen LogP contribution in [0.2, 0.25) is 5.02 Å². The largest absolute Gasteiger partial charge is 0.495 e. The summed E-state index contributed by atoms with van der Waals surface area (Å²) in [6.07, 6.45) is 1.28. The van der Waals surface area contributed by atoms with Crippen LogP contribution in [0.3, 0.4) is 0 Å². The first-order chi connectivity index (χ1) is 17.4. The second-order valence-electron chi connectivity index (χ2n) is 8.29. The van der Waals surface area contributed by atoms with E-state index in [9.17, 15) is 14.9 Å². The number of piperazine rings is 1. The van der Waals surface area contributed by atoms with Gasteiger partial charge in [-0.2, -0.15) is 5.10 Å². The molecule has 0 spiro atoms. The molecule has 1 saturated heterocycles. The normalized spacial score (nSPS) is 14.1. The van der Waals surface area contributed by atoms with Crippen LogP contribution in [0.1, 0.15) is 21.5 Å². The van der Waals surface area contributed by atoms with Crippen LogP contribution in [0.5, 0.6) is 5.75 Å². The van der Waals surface area contributed by atoms with Crippen molar-refractivity contribution in [1.29, 1.82) is 0 Å². The quantitative estimate of drug-likeness (QED) is 0.276. The Bertz CT molecular complexity index is 1260. The number of ether oxygens (including phenoxy) is 1. The number of carbonyl (C=O) groups is 1. The summed E-state index contributed by atoms with van der Waals surface area (Å²) < 4.78 is 5.49. The molecular weight excluding hydrogens is 482 g/mol. The average molecular weight is 508 g/mol. The molecule has 10 heteroatoms. The van der Waals surface area contributed by atoms with Crippen LogP contribution in [-0.4, -0.2) is 55.2 Å². The smallest absolute Gasteiger partial charge is 0.271 e. The standard InChI is InChI=1S/C26H26ClN5O4/c1-36-25-5-3-2-4-24(25)31-14-12-30(13-15-31)18-19-6-8-20(9-7-19)26(33)29-28-17-21-16-22(32(34)35)10-11-23(21)27/h2-11,16-17H,12-15,18H2,1H3,(H,29,33)/b28-17-. The summed E-state index contributed by atoms with van der Waals surface area (Å²) >= 11 is 6.04. The van der Waals surface area contributed by atoms with Crippen LogP contribution >= 0.6 is 11.6 Å². The van der Waals surface area contributed by atoms with Crippen molar-refractivity contribution in [3.63, 3.8) is 0 Å². The highest BCUT2D eigenvalue weighted by Crippen LogP contribution is 2.28. The molecule has 0 unspecified atom stereocenters. The Kier molecular flexibility index (Phi) is 8.14. The maximum Gasteiger partial charge on any atom is 0.271 e. The van der Waals surface area contributed by atoms with Crippen molar-refractivity contribution in [1.82, 2.24) is 10.3 Å². The summed E-state index contributed by atoms with van der Waals surface area (Å²) in [4.78, 5) is 27.5. The molecule has 0 bridgehead atoms. The van der Waals surface area contributed by atoms with E-state index in [0.29, 0.717) is 16.1 Å². The number of methoxy groups -OCH3 is 1. The van der Waals surface area contributed by atoms with Gasteiger partial charge in [0.15, 0.2) is 0 Å². The van der Waals surface area contributed by atoms with Gasteiger partial charge in [-0.1, -0.05) is 35.9 Å². The van der Waals surface area contributed by atoms with E-state index >= 15 is 0 Å². The van der Waals surface area contributed by atoms with Crippen molar-refractivity contribution in [2.24, 2.45) is 5.10 Å². The number of halogens is 1. The van der Waals surface area contributed by atoms with E-state index in [1.54, 1.807) is 19.2 Å². The minimum Gasteiger partial charge on any atom is -0.495 e. The Morgan fingerprint density at radius 1 is 1.11 bits per heavy atom. The lowest BCUT2D eigenvalue weighted by Crippen LogP contribution is -2.46. The third-order valence-electron chi connectivity index (χ3n) is 5.98. The summed E-state index contributed by atoms with van der Waals surface area (Å²) in [6, 6.07) is 19.5. The summed E-state index contributed by atoms with van der Waals surface area (Å²) in [5, 5.41) is 15.1. The van der Waals surface area contributed by atoms with Crippen LogP contribution in [0.4, 0.5) is 11.4 Å². The molecule has 0 aromatic heterocycles. The molecule has 36 heavy (non-hydrogen) atoms. The van der Waals surface area contributed by atoms with Crippen LogP contribution in [-0.2, 0) is 6.54 Å². The monoisotopic (exact) mass is 507 g/mol. The Hall–Kier alpha value is -3.95. The Morgan fingerprint density at radius 3 is 2.53 bits per heavy atom. The van der Waals surface area contributed by atoms with E-state index in [0.717, 1.165) is 49.7 Å². The molecular formula is C26H26ClN5O4. The van der Waals surface area contributed by atoms with Crippen LogP contribution in [0.15, 0.2) is 71.8 Å². The van der Waals surface area contributed by atoms with E-state index < -0.39 is 4.92 Å². The third kappa shape index (κ3) is 6.18. The zero-order valence-corrected chi connectivity index (χ0v) is 20.5. The third-order valence-corrected chi connectivity index (χ3v) is 6.32. The topological polar surface area (TPSA) is 100 Å². The molecule has 4 rings (SSSR count). The number of hydrogen-bond acceptors (Lipinski definition) is 7.